The van der Waals surface area contributed by atoms with Crippen molar-refractivity contribution in [1.29, 1.82) is 0 Å². The molecule has 4 aromatic carbocycles. The summed E-state index contributed by atoms with van der Waals surface area (Å²) in [6.45, 7) is 0.290. The van der Waals surface area contributed by atoms with E-state index >= 15 is 0 Å². The van der Waals surface area contributed by atoms with E-state index in [2.05, 4.69) is 113 Å². The van der Waals surface area contributed by atoms with Crippen LogP contribution in [-0.4, -0.2) is 12.6 Å². The molecule has 0 aromatic heterocycles. The maximum atomic E-state index is 12.9. The Kier molecular flexibility index (Phi) is 9.35. The van der Waals surface area contributed by atoms with Crippen molar-refractivity contribution >= 4 is 22.9 Å². The van der Waals surface area contributed by atoms with Gasteiger partial charge in [0, 0.05) is 0 Å². The van der Waals surface area contributed by atoms with Crippen LogP contribution in [0.4, 0.5) is 0 Å². The van der Waals surface area contributed by atoms with Crippen molar-refractivity contribution in [3.63, 3.8) is 0 Å². The van der Waals surface area contributed by atoms with Gasteiger partial charge in [-0.1, -0.05) is 0 Å². The van der Waals surface area contributed by atoms with Gasteiger partial charge in [0.15, 0.2) is 0 Å². The molecule has 34 heavy (non-hydrogen) atoms. The molecule has 0 unspecified atom stereocenters. The summed E-state index contributed by atoms with van der Waals surface area (Å²) < 4.78 is 3.98. The Hall–Kier alpha value is -2.14. The monoisotopic (exact) mass is 538 g/mol. The van der Waals surface area contributed by atoms with Gasteiger partial charge in [-0.3, -0.25) is 0 Å². The third-order valence-electron chi connectivity index (χ3n) is 6.33. The van der Waals surface area contributed by atoms with Gasteiger partial charge in [0.25, 0.3) is 0 Å². The fourth-order valence-electron chi connectivity index (χ4n) is 4.89. The molecule has 0 saturated carbocycles. The van der Waals surface area contributed by atoms with E-state index in [4.69, 9.17) is 0 Å². The fraction of sp³-hybridized carbons (Fsp3) is 0.107. The van der Waals surface area contributed by atoms with E-state index in [0.717, 1.165) is 0 Å². The van der Waals surface area contributed by atoms with Gasteiger partial charge in [-0.15, -0.1) is 0 Å². The van der Waals surface area contributed by atoms with Gasteiger partial charge in [-0.05, 0) is 0 Å². The molecule has 0 saturated heterocycles. The number of hydrogen-bond donors (Lipinski definition) is 1. The molecule has 1 aliphatic carbocycles. The van der Waals surface area contributed by atoms with E-state index in [1.54, 1.807) is 0 Å². The molecule has 0 aliphatic heterocycles. The van der Waals surface area contributed by atoms with Crippen molar-refractivity contribution in [2.24, 2.45) is 0 Å². The predicted octanol–water partition coefficient (Wildman–Crippen LogP) is -1.64. The number of hydrogen-bond acceptors (Lipinski definition) is 1. The Bertz CT molecular complexity index is 1150. The minimum Gasteiger partial charge on any atom is -1.00 e. The first-order valence-corrected chi connectivity index (χ1v) is 17.3. The Morgan fingerprint density at radius 3 is 1.56 bits per heavy atom. The summed E-state index contributed by atoms with van der Waals surface area (Å²) in [5.41, 5.74) is 5.45. The Morgan fingerprint density at radius 2 is 1.12 bits per heavy atom. The Labute approximate surface area is 221 Å². The summed E-state index contributed by atoms with van der Waals surface area (Å²) in [4.78, 5) is 12.9. The maximum absolute atomic E-state index is 12.9. The number of carbonyl (C=O) groups excluding carboxylic acids is 1. The first kappa shape index (κ1) is 26.5. The van der Waals surface area contributed by atoms with Crippen LogP contribution in [0.3, 0.4) is 0 Å². The van der Waals surface area contributed by atoms with E-state index in [-0.39, 0.29) is 30.7 Å². The standard InChI is InChI=1S/C13H9.C12H11Si.C3H7NO.2ClH.Ti/c1-3-7-12-10(5-1)9-11-6-2-4-8-13(11)12;1-3-7-11(8-4-1)13-12-9-5-2-6-10-12;1-2-3(4)5;;;/h1-9H;1-10,13H;2H2,1H3,(H2,4,5);2*1H;/q;;;;;+3/p-3. The molecule has 4 aromatic rings. The fourth-order valence-corrected chi connectivity index (χ4v) is 20.1. The van der Waals surface area contributed by atoms with Crippen LogP contribution in [0.1, 0.15) is 28.7 Å². The van der Waals surface area contributed by atoms with Crippen LogP contribution in [-0.2, 0) is 22.2 Å². The van der Waals surface area contributed by atoms with E-state index in [9.17, 15) is 4.79 Å². The molecule has 0 heterocycles. The SMILES string of the molecule is CCC(=O)[NH][Ti+2]([CH]1c2ccccc2-c2ccccc21)[SiH](c1ccccc1)c1ccccc1.[Cl-].[Cl-]. The van der Waals surface area contributed by atoms with Crippen molar-refractivity contribution in [2.75, 3.05) is 0 Å². The molecule has 171 valence electrons. The van der Waals surface area contributed by atoms with Gasteiger partial charge in [0.05, 0.1) is 0 Å². The predicted molar refractivity (Wildman–Crippen MR) is 131 cm³/mol. The third-order valence-corrected chi connectivity index (χ3v) is 19.9. The van der Waals surface area contributed by atoms with E-state index in [0.29, 0.717) is 10.6 Å². The van der Waals surface area contributed by atoms with Crippen molar-refractivity contribution in [1.82, 2.24) is 3.80 Å². The topological polar surface area (TPSA) is 29.1 Å². The molecule has 0 radical (unpaired) electrons. The normalized spacial score (nSPS) is 11.6. The average molecular weight is 539 g/mol. The van der Waals surface area contributed by atoms with Crippen molar-refractivity contribution in [3.8, 4) is 11.1 Å². The quantitative estimate of drug-likeness (QED) is 0.293. The van der Waals surface area contributed by atoms with Crippen LogP contribution in [0.15, 0.2) is 109 Å². The smallest absolute Gasteiger partial charge is 1.00 e. The summed E-state index contributed by atoms with van der Waals surface area (Å²) in [6.07, 6.45) is 0.525. The molecule has 0 atom stereocenters. The number of rotatable bonds is 6. The van der Waals surface area contributed by atoms with Gasteiger partial charge in [0.1, 0.15) is 0 Å². The van der Waals surface area contributed by atoms with Gasteiger partial charge in [-0.2, -0.15) is 0 Å². The van der Waals surface area contributed by atoms with Crippen LogP contribution in [0.5, 0.6) is 0 Å². The van der Waals surface area contributed by atoms with Crippen LogP contribution >= 0.6 is 0 Å². The molecule has 0 bridgehead atoms. The van der Waals surface area contributed by atoms with Crippen LogP contribution < -0.4 is 39.0 Å². The Balaban J connectivity index is 0.00000162. The molecule has 1 amide bonds. The average Bonchev–Trinajstić information content (AvgIpc) is 3.19. The van der Waals surface area contributed by atoms with E-state index in [1.165, 1.54) is 32.6 Å². The number of benzene rings is 4. The van der Waals surface area contributed by atoms with E-state index in [1.807, 2.05) is 6.92 Å². The maximum Gasteiger partial charge on any atom is -1.00 e. The van der Waals surface area contributed by atoms with Crippen molar-refractivity contribution in [2.45, 2.75) is 17.6 Å². The molecule has 2 nitrogen and oxygen atoms in total. The summed E-state index contributed by atoms with van der Waals surface area (Å²) >= 11 is -2.24. The Morgan fingerprint density at radius 1 is 0.706 bits per heavy atom. The van der Waals surface area contributed by atoms with Crippen molar-refractivity contribution in [3.05, 3.63) is 120 Å². The molecule has 6 heteroatoms. The molecule has 1 aliphatic rings. The summed E-state index contributed by atoms with van der Waals surface area (Å²) in [5.74, 6) is 0.186. The molecular weight excluding hydrogens is 513 g/mol. The summed E-state index contributed by atoms with van der Waals surface area (Å²) in [6, 6.07) is 39.5. The molecule has 0 spiro atoms. The number of amides is 1. The second kappa shape index (κ2) is 12.0. The zero-order valence-corrected chi connectivity index (χ0v) is 23.1. The number of halogens is 2. The summed E-state index contributed by atoms with van der Waals surface area (Å²) in [7, 11) is 0. The van der Waals surface area contributed by atoms with Crippen LogP contribution in [0, 0.1) is 0 Å². The van der Waals surface area contributed by atoms with Gasteiger partial charge < -0.3 is 24.8 Å². The first-order valence-electron chi connectivity index (χ1n) is 11.2. The minimum atomic E-state index is -2.24. The third kappa shape index (κ3) is 5.10. The van der Waals surface area contributed by atoms with Gasteiger partial charge >= 0.3 is 198 Å². The van der Waals surface area contributed by atoms with E-state index < -0.39 is 24.0 Å². The zero-order chi connectivity index (χ0) is 21.9. The largest absolute Gasteiger partial charge is 1.00 e. The van der Waals surface area contributed by atoms with Crippen molar-refractivity contribution < 1.29 is 47.0 Å². The molecular formula is C28H26Cl2NOSiTi. The molecule has 5 rings (SSSR count). The number of carbonyl (C=O) groups is 1. The minimum absolute atomic E-state index is 0. The zero-order valence-electron chi connectivity index (χ0n) is 18.9. The first-order chi connectivity index (χ1) is 15.8. The number of fused-ring (bicyclic) bond motifs is 3. The summed E-state index contributed by atoms with van der Waals surface area (Å²) in [5, 5.41) is 2.85. The van der Waals surface area contributed by atoms with Crippen LogP contribution in [0.25, 0.3) is 11.1 Å². The number of nitrogens with one attached hydrogen (secondary N) is 1. The second-order valence-electron chi connectivity index (χ2n) is 8.22. The van der Waals surface area contributed by atoms with Gasteiger partial charge in [-0.25, -0.2) is 0 Å². The van der Waals surface area contributed by atoms with Gasteiger partial charge in [0.2, 0.25) is 0 Å². The van der Waals surface area contributed by atoms with Crippen LogP contribution in [0.2, 0.25) is 0 Å². The molecule has 0 fully saturated rings. The molecule has 1 N–H and O–H groups in total. The second-order valence-corrected chi connectivity index (χ2v) is 18.4.